The summed E-state index contributed by atoms with van der Waals surface area (Å²) >= 11 is 6.44. The van der Waals surface area contributed by atoms with E-state index in [4.69, 9.17) is 0 Å². The number of nitrogens with zero attached hydrogens (tertiary/aromatic N) is 1. The monoisotopic (exact) mass is 283 g/mol. The van der Waals surface area contributed by atoms with Crippen molar-refractivity contribution in [2.24, 2.45) is 0 Å². The Bertz CT molecular complexity index is 558. The van der Waals surface area contributed by atoms with Crippen LogP contribution in [0.5, 0.6) is 0 Å². The van der Waals surface area contributed by atoms with Gasteiger partial charge in [0.1, 0.15) is 0 Å². The van der Waals surface area contributed by atoms with E-state index in [2.05, 4.69) is 33.6 Å². The zero-order valence-electron chi connectivity index (χ0n) is 9.97. The summed E-state index contributed by atoms with van der Waals surface area (Å²) in [4.78, 5) is 14.8. The molecular weight excluding hydrogens is 266 g/mol. The van der Waals surface area contributed by atoms with Crippen molar-refractivity contribution < 1.29 is 0 Å². The number of nitrogens with one attached hydrogen (secondary N) is 2. The Hall–Kier alpha value is -0.850. The minimum absolute atomic E-state index is 0.0214. The molecule has 2 N–H and O–H groups in total. The van der Waals surface area contributed by atoms with Crippen molar-refractivity contribution in [1.29, 1.82) is 0 Å². The van der Waals surface area contributed by atoms with Gasteiger partial charge in [0, 0.05) is 6.04 Å². The van der Waals surface area contributed by atoms with Gasteiger partial charge >= 0.3 is 5.69 Å². The van der Waals surface area contributed by atoms with E-state index in [1.54, 1.807) is 0 Å². The van der Waals surface area contributed by atoms with Gasteiger partial charge in [-0.1, -0.05) is 12.1 Å². The summed E-state index contributed by atoms with van der Waals surface area (Å²) in [6, 6.07) is 8.23. The number of para-hydroxylation sites is 2. The van der Waals surface area contributed by atoms with Crippen molar-refractivity contribution in [1.82, 2.24) is 14.9 Å². The Morgan fingerprint density at radius 3 is 2.56 bits per heavy atom. The second-order valence-corrected chi connectivity index (χ2v) is 4.30. The predicted octanol–water partition coefficient (Wildman–Crippen LogP) is 2.02. The fourth-order valence-electron chi connectivity index (χ4n) is 2.50. The quantitative estimate of drug-likeness (QED) is 0.478. The number of imidazole rings is 1. The largest absolute Gasteiger partial charge is 0.326 e. The summed E-state index contributed by atoms with van der Waals surface area (Å²) in [5.41, 5.74) is 1.98. The molecule has 0 aliphatic carbocycles. The first-order chi connectivity index (χ1) is 8.86. The highest BCUT2D eigenvalue weighted by Gasteiger charge is 2.18. The fraction of sp³-hybridized carbons (Fsp3) is 0.417. The van der Waals surface area contributed by atoms with Crippen molar-refractivity contribution in [3.63, 3.8) is 0 Å². The van der Waals surface area contributed by atoms with Crippen molar-refractivity contribution in [3.05, 3.63) is 34.7 Å². The summed E-state index contributed by atoms with van der Waals surface area (Å²) in [6.45, 7) is 1.99. The highest BCUT2D eigenvalue weighted by atomic mass is 33.1. The molecule has 1 aromatic heterocycles. The summed E-state index contributed by atoms with van der Waals surface area (Å²) in [6.07, 6.45) is 2.06. The number of thiol groups is 2. The van der Waals surface area contributed by atoms with Gasteiger partial charge < -0.3 is 10.3 Å². The molecule has 0 radical (unpaired) electrons. The number of benzene rings is 1. The van der Waals surface area contributed by atoms with Gasteiger partial charge in [-0.3, -0.25) is 4.57 Å². The second-order valence-electron chi connectivity index (χ2n) is 4.30. The van der Waals surface area contributed by atoms with Gasteiger partial charge in [-0.2, -0.15) is 0 Å². The standard InChI is InChI=1S/C12H15N3O.H2S2/c16-12-14-10-3-1-2-4-11(10)15(12)9-5-7-13-8-6-9;1-2/h1-4,9,13H,5-8H2,(H,14,16);1-2H. The molecule has 1 fully saturated rings. The maximum Gasteiger partial charge on any atom is 0.326 e. The lowest BCUT2D eigenvalue weighted by Gasteiger charge is -2.23. The van der Waals surface area contributed by atoms with Crippen LogP contribution in [0.4, 0.5) is 0 Å². The third kappa shape index (κ3) is 2.60. The lowest BCUT2D eigenvalue weighted by atomic mass is 10.1. The summed E-state index contributed by atoms with van der Waals surface area (Å²) in [5, 5.41) is 3.32. The van der Waals surface area contributed by atoms with Gasteiger partial charge in [-0.15, -0.1) is 23.3 Å². The molecule has 98 valence electrons. The number of fused-ring (bicyclic) bond motifs is 1. The minimum atomic E-state index is 0.0214. The van der Waals surface area contributed by atoms with Crippen LogP contribution >= 0.6 is 23.3 Å². The maximum atomic E-state index is 11.9. The summed E-state index contributed by atoms with van der Waals surface area (Å²) in [5.74, 6) is 0. The smallest absolute Gasteiger partial charge is 0.317 e. The third-order valence-electron chi connectivity index (χ3n) is 3.30. The zero-order valence-corrected chi connectivity index (χ0v) is 11.8. The number of hydrogen-bond acceptors (Lipinski definition) is 4. The minimum Gasteiger partial charge on any atom is -0.317 e. The maximum absolute atomic E-state index is 11.9. The summed E-state index contributed by atoms with van der Waals surface area (Å²) < 4.78 is 1.91. The van der Waals surface area contributed by atoms with Crippen LogP contribution in [0.3, 0.4) is 0 Å². The number of aromatic amines is 1. The molecule has 0 bridgehead atoms. The van der Waals surface area contributed by atoms with Gasteiger partial charge in [0.05, 0.1) is 11.0 Å². The van der Waals surface area contributed by atoms with Crippen LogP contribution in [0.25, 0.3) is 11.0 Å². The molecule has 0 atom stereocenters. The van der Waals surface area contributed by atoms with Crippen LogP contribution in [0, 0.1) is 0 Å². The van der Waals surface area contributed by atoms with Gasteiger partial charge in [0.25, 0.3) is 0 Å². The molecule has 0 unspecified atom stereocenters. The number of aromatic nitrogens is 2. The third-order valence-corrected chi connectivity index (χ3v) is 3.30. The van der Waals surface area contributed by atoms with Gasteiger partial charge in [0.2, 0.25) is 0 Å². The molecule has 2 heterocycles. The van der Waals surface area contributed by atoms with Gasteiger partial charge in [-0.05, 0) is 38.1 Å². The predicted molar refractivity (Wildman–Crippen MR) is 81.7 cm³/mol. The van der Waals surface area contributed by atoms with E-state index in [1.165, 1.54) is 0 Å². The number of hydrogen-bond donors (Lipinski definition) is 4. The van der Waals surface area contributed by atoms with Crippen LogP contribution in [-0.4, -0.2) is 22.6 Å². The molecule has 0 saturated carbocycles. The Labute approximate surface area is 116 Å². The average molecular weight is 283 g/mol. The first kappa shape index (κ1) is 13.6. The van der Waals surface area contributed by atoms with Crippen molar-refractivity contribution in [2.75, 3.05) is 13.1 Å². The number of rotatable bonds is 1. The Morgan fingerprint density at radius 2 is 1.83 bits per heavy atom. The van der Waals surface area contributed by atoms with Crippen molar-refractivity contribution in [3.8, 4) is 0 Å². The van der Waals surface area contributed by atoms with Crippen molar-refractivity contribution in [2.45, 2.75) is 18.9 Å². The molecule has 4 nitrogen and oxygen atoms in total. The first-order valence-electron chi connectivity index (χ1n) is 5.96. The molecule has 0 spiro atoms. The molecular formula is C12H17N3OS2. The van der Waals surface area contributed by atoms with Crippen LogP contribution in [0.15, 0.2) is 29.1 Å². The lowest BCUT2D eigenvalue weighted by Crippen LogP contribution is -2.33. The van der Waals surface area contributed by atoms with E-state index in [-0.39, 0.29) is 5.69 Å². The number of H-pyrrole nitrogens is 1. The first-order valence-corrected chi connectivity index (χ1v) is 7.56. The Kier molecular flexibility index (Phi) is 4.79. The molecule has 6 heteroatoms. The van der Waals surface area contributed by atoms with Crippen LogP contribution < -0.4 is 11.0 Å². The van der Waals surface area contributed by atoms with E-state index in [0.717, 1.165) is 37.0 Å². The molecule has 2 aromatic rings. The zero-order chi connectivity index (χ0) is 13.0. The molecule has 1 aliphatic heterocycles. The van der Waals surface area contributed by atoms with Crippen LogP contribution in [0.1, 0.15) is 18.9 Å². The fourth-order valence-corrected chi connectivity index (χ4v) is 2.50. The van der Waals surface area contributed by atoms with Gasteiger partial charge in [0.15, 0.2) is 0 Å². The Balaban J connectivity index is 0.000000574. The van der Waals surface area contributed by atoms with Crippen LogP contribution in [0.2, 0.25) is 0 Å². The average Bonchev–Trinajstić information content (AvgIpc) is 2.78. The van der Waals surface area contributed by atoms with E-state index < -0.39 is 0 Å². The van der Waals surface area contributed by atoms with Crippen molar-refractivity contribution >= 4 is 34.4 Å². The molecule has 3 rings (SSSR count). The normalized spacial score (nSPS) is 16.3. The topological polar surface area (TPSA) is 49.8 Å². The van der Waals surface area contributed by atoms with Gasteiger partial charge in [-0.25, -0.2) is 4.79 Å². The SMILES string of the molecule is O=c1[nH]c2ccccc2n1C1CCNCC1.SS. The number of piperidine rings is 1. The highest BCUT2D eigenvalue weighted by molar-refractivity contribution is 8.59. The van der Waals surface area contributed by atoms with Crippen LogP contribution in [-0.2, 0) is 0 Å². The van der Waals surface area contributed by atoms with E-state index in [1.807, 2.05) is 28.8 Å². The summed E-state index contributed by atoms with van der Waals surface area (Å²) in [7, 11) is 0. The van der Waals surface area contributed by atoms with E-state index >= 15 is 0 Å². The van der Waals surface area contributed by atoms with E-state index in [0.29, 0.717) is 6.04 Å². The molecule has 0 amide bonds. The molecule has 18 heavy (non-hydrogen) atoms. The Morgan fingerprint density at radius 1 is 1.17 bits per heavy atom. The second kappa shape index (κ2) is 6.36. The lowest BCUT2D eigenvalue weighted by molar-refractivity contribution is 0.368. The molecule has 1 aliphatic rings. The highest BCUT2D eigenvalue weighted by Crippen LogP contribution is 2.21. The molecule has 1 saturated heterocycles. The molecule has 1 aromatic carbocycles. The van der Waals surface area contributed by atoms with E-state index in [9.17, 15) is 4.79 Å².